The number of rotatable bonds is 6. The van der Waals surface area contributed by atoms with Crippen LogP contribution in [0, 0.1) is 18.6 Å². The first-order valence-corrected chi connectivity index (χ1v) is 9.51. The van der Waals surface area contributed by atoms with Crippen molar-refractivity contribution in [3.05, 3.63) is 59.2 Å². The van der Waals surface area contributed by atoms with Crippen LogP contribution < -0.4 is 5.32 Å². The van der Waals surface area contributed by atoms with E-state index >= 15 is 0 Å². The van der Waals surface area contributed by atoms with E-state index < -0.39 is 27.6 Å². The van der Waals surface area contributed by atoms with E-state index in [2.05, 4.69) is 5.32 Å². The van der Waals surface area contributed by atoms with Gasteiger partial charge in [-0.2, -0.15) is 4.31 Å². The zero-order valence-corrected chi connectivity index (χ0v) is 15.5. The second-order valence-electron chi connectivity index (χ2n) is 5.68. The largest absolute Gasteiger partial charge is 0.322 e. The number of amides is 1. The van der Waals surface area contributed by atoms with Crippen molar-refractivity contribution in [2.24, 2.45) is 0 Å². The van der Waals surface area contributed by atoms with Crippen molar-refractivity contribution in [1.82, 2.24) is 4.31 Å². The minimum atomic E-state index is -3.73. The Morgan fingerprint density at radius 1 is 1.04 bits per heavy atom. The van der Waals surface area contributed by atoms with E-state index in [1.165, 1.54) is 22.5 Å². The molecule has 0 bridgehead atoms. The molecule has 0 fully saturated rings. The van der Waals surface area contributed by atoms with Crippen LogP contribution >= 0.6 is 0 Å². The minimum absolute atomic E-state index is 0.0117. The van der Waals surface area contributed by atoms with Crippen LogP contribution in [-0.4, -0.2) is 31.7 Å². The van der Waals surface area contributed by atoms with Crippen LogP contribution in [0.25, 0.3) is 0 Å². The molecule has 1 amide bonds. The number of carbonyl (C=O) groups excluding carboxylic acids is 1. The predicted octanol–water partition coefficient (Wildman–Crippen LogP) is 3.56. The molecule has 8 heteroatoms. The lowest BCUT2D eigenvalue weighted by Gasteiger charge is -2.19. The van der Waals surface area contributed by atoms with E-state index in [1.807, 2.05) is 0 Å². The lowest BCUT2D eigenvalue weighted by molar-refractivity contribution is 0.102. The highest BCUT2D eigenvalue weighted by atomic mass is 32.2. The zero-order valence-electron chi connectivity index (χ0n) is 14.7. The number of carbonyl (C=O) groups is 1. The Labute approximate surface area is 151 Å². The Bertz CT molecular complexity index is 906. The highest BCUT2D eigenvalue weighted by Gasteiger charge is 2.23. The molecule has 140 valence electrons. The van der Waals surface area contributed by atoms with Crippen LogP contribution in [0.2, 0.25) is 0 Å². The van der Waals surface area contributed by atoms with Gasteiger partial charge in [-0.05, 0) is 36.8 Å². The SMILES string of the molecule is CCN(CC)S(=O)(=O)c1ccc(C)c(C(=O)Nc2cc(F)cc(F)c2)c1. The molecule has 0 aromatic heterocycles. The lowest BCUT2D eigenvalue weighted by atomic mass is 10.1. The lowest BCUT2D eigenvalue weighted by Crippen LogP contribution is -2.30. The van der Waals surface area contributed by atoms with Gasteiger partial charge in [-0.15, -0.1) is 0 Å². The molecule has 26 heavy (non-hydrogen) atoms. The fourth-order valence-electron chi connectivity index (χ4n) is 2.54. The van der Waals surface area contributed by atoms with E-state index in [0.29, 0.717) is 24.7 Å². The summed E-state index contributed by atoms with van der Waals surface area (Å²) in [6.45, 7) is 5.70. The molecule has 0 heterocycles. The third-order valence-electron chi connectivity index (χ3n) is 3.92. The molecule has 0 radical (unpaired) electrons. The summed E-state index contributed by atoms with van der Waals surface area (Å²) in [7, 11) is -3.73. The van der Waals surface area contributed by atoms with Gasteiger partial charge in [0, 0.05) is 30.4 Å². The predicted molar refractivity (Wildman–Crippen MR) is 95.6 cm³/mol. The van der Waals surface area contributed by atoms with Gasteiger partial charge in [0.05, 0.1) is 4.90 Å². The Kier molecular flexibility index (Phi) is 6.09. The topological polar surface area (TPSA) is 66.5 Å². The summed E-state index contributed by atoms with van der Waals surface area (Å²) >= 11 is 0. The molecule has 2 aromatic rings. The first-order chi connectivity index (χ1) is 12.2. The molecule has 0 aliphatic rings. The van der Waals surface area contributed by atoms with E-state index in [-0.39, 0.29) is 16.1 Å². The summed E-state index contributed by atoms with van der Waals surface area (Å²) in [5.41, 5.74) is 0.602. The van der Waals surface area contributed by atoms with Gasteiger partial charge in [-0.3, -0.25) is 4.79 Å². The number of benzene rings is 2. The van der Waals surface area contributed by atoms with Crippen LogP contribution in [0.5, 0.6) is 0 Å². The summed E-state index contributed by atoms with van der Waals surface area (Å²) in [5, 5.41) is 2.39. The Balaban J connectivity index is 2.39. The van der Waals surface area contributed by atoms with Gasteiger partial charge in [-0.1, -0.05) is 19.9 Å². The molecule has 0 saturated heterocycles. The van der Waals surface area contributed by atoms with Crippen LogP contribution in [0.4, 0.5) is 14.5 Å². The summed E-state index contributed by atoms with van der Waals surface area (Å²) in [6.07, 6.45) is 0. The standard InChI is InChI=1S/C18H20F2N2O3S/c1-4-22(5-2)26(24,25)16-7-6-12(3)17(11-16)18(23)21-15-9-13(19)8-14(20)10-15/h6-11H,4-5H2,1-3H3,(H,21,23). The molecule has 0 spiro atoms. The van der Waals surface area contributed by atoms with Crippen molar-refractivity contribution in [3.8, 4) is 0 Å². The van der Waals surface area contributed by atoms with E-state index in [1.54, 1.807) is 20.8 Å². The van der Waals surface area contributed by atoms with Crippen molar-refractivity contribution in [3.63, 3.8) is 0 Å². The van der Waals surface area contributed by atoms with Gasteiger partial charge >= 0.3 is 0 Å². The minimum Gasteiger partial charge on any atom is -0.322 e. The zero-order chi connectivity index (χ0) is 19.5. The van der Waals surface area contributed by atoms with Crippen LogP contribution in [0.3, 0.4) is 0 Å². The van der Waals surface area contributed by atoms with Crippen molar-refractivity contribution in [2.45, 2.75) is 25.7 Å². The summed E-state index contributed by atoms with van der Waals surface area (Å²) < 4.78 is 53.1. The van der Waals surface area contributed by atoms with E-state index in [0.717, 1.165) is 12.1 Å². The molecule has 2 aromatic carbocycles. The van der Waals surface area contributed by atoms with Crippen LogP contribution in [0.15, 0.2) is 41.3 Å². The first-order valence-electron chi connectivity index (χ1n) is 8.07. The van der Waals surface area contributed by atoms with Gasteiger partial charge in [0.2, 0.25) is 10.0 Å². The van der Waals surface area contributed by atoms with E-state index in [9.17, 15) is 22.0 Å². The third kappa shape index (κ3) is 4.25. The molecule has 0 saturated carbocycles. The average Bonchev–Trinajstić information content (AvgIpc) is 2.54. The highest BCUT2D eigenvalue weighted by molar-refractivity contribution is 7.89. The number of nitrogens with one attached hydrogen (secondary N) is 1. The maximum absolute atomic E-state index is 13.3. The number of sulfonamides is 1. The fraction of sp³-hybridized carbons (Fsp3) is 0.278. The number of anilines is 1. The fourth-order valence-corrected chi connectivity index (χ4v) is 4.03. The molecule has 5 nitrogen and oxygen atoms in total. The maximum Gasteiger partial charge on any atom is 0.255 e. The molecule has 2 rings (SSSR count). The van der Waals surface area contributed by atoms with Crippen molar-refractivity contribution >= 4 is 21.6 Å². The smallest absolute Gasteiger partial charge is 0.255 e. The second kappa shape index (κ2) is 7.92. The first kappa shape index (κ1) is 20.0. The average molecular weight is 382 g/mol. The summed E-state index contributed by atoms with van der Waals surface area (Å²) in [4.78, 5) is 12.5. The number of halogens is 2. The molecule has 0 aliphatic carbocycles. The third-order valence-corrected chi connectivity index (χ3v) is 5.96. The Hall–Kier alpha value is -2.32. The van der Waals surface area contributed by atoms with Crippen molar-refractivity contribution < 1.29 is 22.0 Å². The number of hydrogen-bond donors (Lipinski definition) is 1. The maximum atomic E-state index is 13.3. The number of hydrogen-bond acceptors (Lipinski definition) is 3. The summed E-state index contributed by atoms with van der Waals surface area (Å²) in [6, 6.07) is 6.88. The van der Waals surface area contributed by atoms with Crippen LogP contribution in [0.1, 0.15) is 29.8 Å². The van der Waals surface area contributed by atoms with E-state index in [4.69, 9.17) is 0 Å². The number of aryl methyl sites for hydroxylation is 1. The Morgan fingerprint density at radius 2 is 1.62 bits per heavy atom. The quantitative estimate of drug-likeness (QED) is 0.831. The normalized spacial score (nSPS) is 11.6. The molecule has 1 N–H and O–H groups in total. The molecule has 0 aliphatic heterocycles. The summed E-state index contributed by atoms with van der Waals surface area (Å²) in [5.74, 6) is -2.30. The van der Waals surface area contributed by atoms with Gasteiger partial charge < -0.3 is 5.32 Å². The molecular weight excluding hydrogens is 362 g/mol. The van der Waals surface area contributed by atoms with Gasteiger partial charge in [0.1, 0.15) is 11.6 Å². The number of nitrogens with zero attached hydrogens (tertiary/aromatic N) is 1. The second-order valence-corrected chi connectivity index (χ2v) is 7.62. The molecular formula is C18H20F2N2O3S. The van der Waals surface area contributed by atoms with Crippen molar-refractivity contribution in [1.29, 1.82) is 0 Å². The Morgan fingerprint density at radius 3 is 2.15 bits per heavy atom. The molecule has 0 unspecified atom stereocenters. The van der Waals surface area contributed by atoms with Gasteiger partial charge in [-0.25, -0.2) is 17.2 Å². The molecule has 0 atom stereocenters. The van der Waals surface area contributed by atoms with Gasteiger partial charge in [0.15, 0.2) is 0 Å². The van der Waals surface area contributed by atoms with Crippen molar-refractivity contribution in [2.75, 3.05) is 18.4 Å². The monoisotopic (exact) mass is 382 g/mol. The van der Waals surface area contributed by atoms with Crippen LogP contribution in [-0.2, 0) is 10.0 Å². The highest BCUT2D eigenvalue weighted by Crippen LogP contribution is 2.21. The van der Waals surface area contributed by atoms with Gasteiger partial charge in [0.25, 0.3) is 5.91 Å².